The van der Waals surface area contributed by atoms with Crippen LogP contribution in [0.5, 0.6) is 0 Å². The van der Waals surface area contributed by atoms with Crippen LogP contribution in [0.3, 0.4) is 0 Å². The number of anilines is 1. The summed E-state index contributed by atoms with van der Waals surface area (Å²) >= 11 is 1.48. The van der Waals surface area contributed by atoms with Crippen molar-refractivity contribution in [3.63, 3.8) is 0 Å². The Morgan fingerprint density at radius 3 is 3.00 bits per heavy atom. The third-order valence-electron chi connectivity index (χ3n) is 2.75. The van der Waals surface area contributed by atoms with Gasteiger partial charge in [-0.2, -0.15) is 4.37 Å². The molecule has 0 aromatic carbocycles. The fraction of sp³-hybridized carbons (Fsp3) is 0.800. The molecule has 1 aromatic rings. The van der Waals surface area contributed by atoms with Crippen LogP contribution >= 0.6 is 11.5 Å². The average Bonchev–Trinajstić information content (AvgIpc) is 2.66. The van der Waals surface area contributed by atoms with Crippen molar-refractivity contribution < 1.29 is 0 Å². The minimum absolute atomic E-state index is 0.618. The highest BCUT2D eigenvalue weighted by Gasteiger charge is 2.16. The van der Waals surface area contributed by atoms with Crippen molar-refractivity contribution in [3.8, 4) is 0 Å². The van der Waals surface area contributed by atoms with Gasteiger partial charge >= 0.3 is 0 Å². The van der Waals surface area contributed by atoms with Crippen LogP contribution in [0.4, 0.5) is 5.13 Å². The van der Waals surface area contributed by atoms with E-state index in [1.165, 1.54) is 30.8 Å². The van der Waals surface area contributed by atoms with Crippen LogP contribution < -0.4 is 10.2 Å². The van der Waals surface area contributed by atoms with E-state index >= 15 is 0 Å². The highest BCUT2D eigenvalue weighted by atomic mass is 32.1. The molecule has 1 N–H and O–H groups in total. The molecule has 0 radical (unpaired) electrons. The molecule has 1 aromatic heterocycles. The van der Waals surface area contributed by atoms with Crippen molar-refractivity contribution in [2.24, 2.45) is 0 Å². The lowest BCUT2D eigenvalue weighted by Crippen LogP contribution is -2.42. The van der Waals surface area contributed by atoms with Crippen LogP contribution in [0, 0.1) is 6.92 Å². The molecule has 1 atom stereocenters. The van der Waals surface area contributed by atoms with Gasteiger partial charge < -0.3 is 10.2 Å². The Balaban J connectivity index is 1.88. The first kappa shape index (κ1) is 10.8. The lowest BCUT2D eigenvalue weighted by molar-refractivity contribution is 0.403. The summed E-state index contributed by atoms with van der Waals surface area (Å²) in [6.45, 7) is 4.13. The summed E-state index contributed by atoms with van der Waals surface area (Å²) in [5.74, 6) is 0.874. The van der Waals surface area contributed by atoms with Crippen LogP contribution in [0.25, 0.3) is 0 Å². The molecule has 2 rings (SSSR count). The molecule has 0 saturated carbocycles. The van der Waals surface area contributed by atoms with Gasteiger partial charge in [-0.15, -0.1) is 0 Å². The number of likely N-dealkylation sites (N-methyl/N-ethyl adjacent to an activating group) is 1. The van der Waals surface area contributed by atoms with E-state index < -0.39 is 0 Å². The SMILES string of the molecule is Cc1nsc(N(C)CC2CCCCN2)n1. The molecule has 2 heterocycles. The van der Waals surface area contributed by atoms with Gasteiger partial charge in [0, 0.05) is 31.2 Å². The van der Waals surface area contributed by atoms with Crippen LogP contribution in [-0.4, -0.2) is 35.5 Å². The molecule has 4 nitrogen and oxygen atoms in total. The van der Waals surface area contributed by atoms with Crippen molar-refractivity contribution in [1.29, 1.82) is 0 Å². The third kappa shape index (κ3) is 2.89. The molecule has 5 heteroatoms. The van der Waals surface area contributed by atoms with E-state index in [9.17, 15) is 0 Å². The summed E-state index contributed by atoms with van der Waals surface area (Å²) in [4.78, 5) is 6.58. The number of nitrogens with one attached hydrogen (secondary N) is 1. The summed E-state index contributed by atoms with van der Waals surface area (Å²) < 4.78 is 4.20. The third-order valence-corrected chi connectivity index (χ3v) is 3.67. The second-order valence-electron chi connectivity index (χ2n) is 4.15. The van der Waals surface area contributed by atoms with Crippen LogP contribution in [0.15, 0.2) is 0 Å². The van der Waals surface area contributed by atoms with E-state index in [0.717, 1.165) is 24.0 Å². The zero-order chi connectivity index (χ0) is 10.7. The van der Waals surface area contributed by atoms with Gasteiger partial charge in [0.1, 0.15) is 5.82 Å². The highest BCUT2D eigenvalue weighted by Crippen LogP contribution is 2.17. The Kier molecular flexibility index (Phi) is 3.53. The molecular weight excluding hydrogens is 208 g/mol. The van der Waals surface area contributed by atoms with Crippen LogP contribution in [0.1, 0.15) is 25.1 Å². The summed E-state index contributed by atoms with van der Waals surface area (Å²) in [5.41, 5.74) is 0. The topological polar surface area (TPSA) is 41.1 Å². The number of rotatable bonds is 3. The minimum Gasteiger partial charge on any atom is -0.348 e. The van der Waals surface area contributed by atoms with Crippen LogP contribution in [-0.2, 0) is 0 Å². The van der Waals surface area contributed by atoms with E-state index in [-0.39, 0.29) is 0 Å². The molecule has 15 heavy (non-hydrogen) atoms. The van der Waals surface area contributed by atoms with Gasteiger partial charge in [-0.05, 0) is 26.3 Å². The second kappa shape index (κ2) is 4.90. The number of hydrogen-bond acceptors (Lipinski definition) is 5. The first-order valence-corrected chi connectivity index (χ1v) is 6.28. The molecule has 0 amide bonds. The van der Waals surface area contributed by atoms with Crippen LogP contribution in [0.2, 0.25) is 0 Å². The zero-order valence-corrected chi connectivity index (χ0v) is 10.2. The molecule has 0 bridgehead atoms. The molecular formula is C10H18N4S. The maximum Gasteiger partial charge on any atom is 0.204 e. The number of aromatic nitrogens is 2. The fourth-order valence-electron chi connectivity index (χ4n) is 1.93. The van der Waals surface area contributed by atoms with Gasteiger partial charge in [-0.3, -0.25) is 0 Å². The standard InChI is InChI=1S/C10H18N4S/c1-8-12-10(15-13-8)14(2)7-9-5-3-4-6-11-9/h9,11H,3-7H2,1-2H3. The maximum atomic E-state index is 4.38. The van der Waals surface area contributed by atoms with Gasteiger partial charge in [-0.25, -0.2) is 4.98 Å². The Morgan fingerprint density at radius 2 is 2.40 bits per heavy atom. The Hall–Kier alpha value is -0.680. The van der Waals surface area contributed by atoms with Crippen molar-refractivity contribution >= 4 is 16.7 Å². The molecule has 0 spiro atoms. The molecule has 1 aliphatic heterocycles. The molecule has 1 aliphatic rings. The van der Waals surface area contributed by atoms with Crippen molar-refractivity contribution in [1.82, 2.24) is 14.7 Å². The normalized spacial score (nSPS) is 21.6. The van der Waals surface area contributed by atoms with Gasteiger partial charge in [0.15, 0.2) is 0 Å². The predicted molar refractivity (Wildman–Crippen MR) is 63.6 cm³/mol. The van der Waals surface area contributed by atoms with Crippen molar-refractivity contribution in [3.05, 3.63) is 5.82 Å². The monoisotopic (exact) mass is 226 g/mol. The maximum absolute atomic E-state index is 4.38. The first-order chi connectivity index (χ1) is 7.25. The van der Waals surface area contributed by atoms with Gasteiger partial charge in [0.2, 0.25) is 5.13 Å². The zero-order valence-electron chi connectivity index (χ0n) is 9.36. The van der Waals surface area contributed by atoms with Gasteiger partial charge in [0.25, 0.3) is 0 Å². The van der Waals surface area contributed by atoms with Gasteiger partial charge in [-0.1, -0.05) is 6.42 Å². The molecule has 1 unspecified atom stereocenters. The number of piperidine rings is 1. The van der Waals surface area contributed by atoms with Crippen molar-refractivity contribution in [2.45, 2.75) is 32.2 Å². The van der Waals surface area contributed by atoms with E-state index in [4.69, 9.17) is 0 Å². The highest BCUT2D eigenvalue weighted by molar-refractivity contribution is 7.09. The molecule has 0 aliphatic carbocycles. The Labute approximate surface area is 94.9 Å². The van der Waals surface area contributed by atoms with Gasteiger partial charge in [0.05, 0.1) is 0 Å². The Bertz CT molecular complexity index is 306. The number of nitrogens with zero attached hydrogens (tertiary/aromatic N) is 3. The van der Waals surface area contributed by atoms with E-state index in [1.807, 2.05) is 6.92 Å². The first-order valence-electron chi connectivity index (χ1n) is 5.50. The van der Waals surface area contributed by atoms with Crippen molar-refractivity contribution in [2.75, 3.05) is 25.0 Å². The smallest absolute Gasteiger partial charge is 0.204 e. The summed E-state index contributed by atoms with van der Waals surface area (Å²) in [6.07, 6.45) is 3.95. The summed E-state index contributed by atoms with van der Waals surface area (Å²) in [6, 6.07) is 0.618. The molecule has 84 valence electrons. The number of aryl methyl sites for hydroxylation is 1. The Morgan fingerprint density at radius 1 is 1.53 bits per heavy atom. The van der Waals surface area contributed by atoms with E-state index in [2.05, 4.69) is 26.6 Å². The fourth-order valence-corrected chi connectivity index (χ4v) is 2.57. The predicted octanol–water partition coefficient (Wildman–Crippen LogP) is 1.42. The second-order valence-corrected chi connectivity index (χ2v) is 4.88. The summed E-state index contributed by atoms with van der Waals surface area (Å²) in [7, 11) is 2.09. The van der Waals surface area contributed by atoms with E-state index in [1.54, 1.807) is 0 Å². The largest absolute Gasteiger partial charge is 0.348 e. The minimum atomic E-state index is 0.618. The quantitative estimate of drug-likeness (QED) is 0.846. The lowest BCUT2D eigenvalue weighted by Gasteiger charge is -2.27. The number of hydrogen-bond donors (Lipinski definition) is 1. The average molecular weight is 226 g/mol. The van der Waals surface area contributed by atoms with E-state index in [0.29, 0.717) is 6.04 Å². The molecule has 1 fully saturated rings. The lowest BCUT2D eigenvalue weighted by atomic mass is 10.1. The summed E-state index contributed by atoms with van der Waals surface area (Å²) in [5, 5.41) is 4.57. The molecule has 1 saturated heterocycles.